The molecule has 4 nitrogen and oxygen atoms in total. The summed E-state index contributed by atoms with van der Waals surface area (Å²) in [6, 6.07) is 7.51. The molecule has 19 heavy (non-hydrogen) atoms. The van der Waals surface area contributed by atoms with Gasteiger partial charge in [0.2, 0.25) is 0 Å². The lowest BCUT2D eigenvalue weighted by Gasteiger charge is -2.19. The molecule has 0 aliphatic carbocycles. The zero-order chi connectivity index (χ0) is 14.3. The van der Waals surface area contributed by atoms with Crippen molar-refractivity contribution < 1.29 is 9.53 Å². The van der Waals surface area contributed by atoms with E-state index in [1.165, 1.54) is 11.3 Å². The zero-order valence-corrected chi connectivity index (χ0v) is 12.8. The summed E-state index contributed by atoms with van der Waals surface area (Å²) in [6.45, 7) is 5.50. The maximum absolute atomic E-state index is 11.2. The van der Waals surface area contributed by atoms with Crippen molar-refractivity contribution in [2.75, 3.05) is 11.1 Å². The van der Waals surface area contributed by atoms with Crippen molar-refractivity contribution in [2.24, 2.45) is 0 Å². The Hall–Kier alpha value is -1.53. The molecule has 0 aliphatic heterocycles. The summed E-state index contributed by atoms with van der Waals surface area (Å²) in [4.78, 5) is 11.2. The zero-order valence-electron chi connectivity index (χ0n) is 11.2. The Morgan fingerprint density at radius 2 is 1.84 bits per heavy atom. The van der Waals surface area contributed by atoms with Crippen LogP contribution in [0.1, 0.15) is 20.8 Å². The van der Waals surface area contributed by atoms with Gasteiger partial charge in [0.15, 0.2) is 0 Å². The van der Waals surface area contributed by atoms with Crippen LogP contribution >= 0.6 is 22.7 Å². The number of amides is 1. The number of thiophene rings is 2. The van der Waals surface area contributed by atoms with Crippen LogP contribution in [0.3, 0.4) is 0 Å². The minimum atomic E-state index is -0.443. The number of nitrogen functional groups attached to an aromatic ring is 1. The predicted octanol–water partition coefficient (Wildman–Crippen LogP) is 4.43. The van der Waals surface area contributed by atoms with Crippen LogP contribution in [0.5, 0.6) is 0 Å². The SMILES string of the molecule is CC(C)(C)OC(=O)Nc1cccs1.Nc1cccs1. The molecule has 0 atom stereocenters. The van der Waals surface area contributed by atoms with Gasteiger partial charge in [-0.15, -0.1) is 22.7 Å². The van der Waals surface area contributed by atoms with Crippen molar-refractivity contribution in [1.82, 2.24) is 0 Å². The van der Waals surface area contributed by atoms with E-state index >= 15 is 0 Å². The fourth-order valence-electron chi connectivity index (χ4n) is 1.05. The van der Waals surface area contributed by atoms with E-state index in [1.807, 2.05) is 55.8 Å². The second kappa shape index (κ2) is 7.16. The number of carbonyl (C=O) groups excluding carboxylic acids is 1. The van der Waals surface area contributed by atoms with E-state index < -0.39 is 11.7 Å². The molecule has 2 aromatic rings. The second-order valence-corrected chi connectivity index (χ2v) is 6.55. The average molecular weight is 298 g/mol. The number of nitrogens with two attached hydrogens (primary N) is 1. The van der Waals surface area contributed by atoms with E-state index in [2.05, 4.69) is 5.32 Å². The van der Waals surface area contributed by atoms with Crippen LogP contribution in [-0.2, 0) is 4.74 Å². The molecular formula is C13H18N2O2S2. The van der Waals surface area contributed by atoms with Gasteiger partial charge in [0.05, 0.1) is 10.0 Å². The van der Waals surface area contributed by atoms with E-state index in [-0.39, 0.29) is 0 Å². The molecule has 1 amide bonds. The van der Waals surface area contributed by atoms with Crippen molar-refractivity contribution >= 4 is 38.8 Å². The van der Waals surface area contributed by atoms with Gasteiger partial charge in [-0.05, 0) is 55.8 Å². The third kappa shape index (κ3) is 7.48. The first-order chi connectivity index (χ1) is 8.87. The molecule has 2 aromatic heterocycles. The molecule has 0 fully saturated rings. The molecule has 6 heteroatoms. The lowest BCUT2D eigenvalue weighted by Crippen LogP contribution is -2.26. The minimum absolute atomic E-state index is 0.407. The number of nitrogens with one attached hydrogen (secondary N) is 1. The summed E-state index contributed by atoms with van der Waals surface area (Å²) in [6.07, 6.45) is -0.407. The summed E-state index contributed by atoms with van der Waals surface area (Å²) in [5, 5.41) is 8.17. The van der Waals surface area contributed by atoms with Gasteiger partial charge in [0.25, 0.3) is 0 Å². The van der Waals surface area contributed by atoms with E-state index in [1.54, 1.807) is 11.3 Å². The van der Waals surface area contributed by atoms with Crippen molar-refractivity contribution in [3.63, 3.8) is 0 Å². The van der Waals surface area contributed by atoms with Crippen LogP contribution in [0.15, 0.2) is 35.0 Å². The minimum Gasteiger partial charge on any atom is -0.444 e. The molecular weight excluding hydrogens is 280 g/mol. The Morgan fingerprint density at radius 3 is 2.21 bits per heavy atom. The van der Waals surface area contributed by atoms with Gasteiger partial charge in [-0.2, -0.15) is 0 Å². The van der Waals surface area contributed by atoms with Crippen LogP contribution in [0.25, 0.3) is 0 Å². The number of ether oxygens (including phenoxy) is 1. The lowest BCUT2D eigenvalue weighted by molar-refractivity contribution is 0.0636. The number of rotatable bonds is 1. The normalized spacial score (nSPS) is 10.3. The van der Waals surface area contributed by atoms with Gasteiger partial charge in [0, 0.05) is 0 Å². The Balaban J connectivity index is 0.000000250. The van der Waals surface area contributed by atoms with Crippen molar-refractivity contribution in [2.45, 2.75) is 26.4 Å². The predicted molar refractivity (Wildman–Crippen MR) is 82.9 cm³/mol. The quantitative estimate of drug-likeness (QED) is 0.818. The number of hydrogen-bond donors (Lipinski definition) is 2. The molecule has 0 aromatic carbocycles. The first-order valence-corrected chi connectivity index (χ1v) is 7.45. The van der Waals surface area contributed by atoms with Crippen LogP contribution < -0.4 is 11.1 Å². The first kappa shape index (κ1) is 15.5. The third-order valence-corrected chi connectivity index (χ3v) is 3.18. The number of carbonyl (C=O) groups is 1. The molecule has 0 unspecified atom stereocenters. The van der Waals surface area contributed by atoms with E-state index in [0.717, 1.165) is 10.0 Å². The number of anilines is 2. The summed E-state index contributed by atoms with van der Waals surface area (Å²) >= 11 is 3.02. The fraction of sp³-hybridized carbons (Fsp3) is 0.308. The molecule has 0 aliphatic rings. The van der Waals surface area contributed by atoms with Gasteiger partial charge in [0.1, 0.15) is 5.60 Å². The molecule has 0 saturated heterocycles. The van der Waals surface area contributed by atoms with Gasteiger partial charge < -0.3 is 10.5 Å². The topological polar surface area (TPSA) is 64.3 Å². The van der Waals surface area contributed by atoms with Crippen LogP contribution in [0, 0.1) is 0 Å². The van der Waals surface area contributed by atoms with Gasteiger partial charge >= 0.3 is 6.09 Å². The summed E-state index contributed by atoms with van der Waals surface area (Å²) in [5.74, 6) is 0. The summed E-state index contributed by atoms with van der Waals surface area (Å²) in [7, 11) is 0. The lowest BCUT2D eigenvalue weighted by atomic mass is 10.2. The highest BCUT2D eigenvalue weighted by molar-refractivity contribution is 7.14. The molecule has 2 rings (SSSR count). The Labute approximate surface area is 121 Å². The van der Waals surface area contributed by atoms with Gasteiger partial charge in [-0.25, -0.2) is 4.79 Å². The molecule has 104 valence electrons. The molecule has 0 spiro atoms. The highest BCUT2D eigenvalue weighted by Crippen LogP contribution is 2.16. The second-order valence-electron chi connectivity index (χ2n) is 4.62. The van der Waals surface area contributed by atoms with E-state index in [0.29, 0.717) is 0 Å². The molecule has 0 radical (unpaired) electrons. The van der Waals surface area contributed by atoms with Gasteiger partial charge in [-0.1, -0.05) is 0 Å². The monoisotopic (exact) mass is 298 g/mol. The van der Waals surface area contributed by atoms with E-state index in [4.69, 9.17) is 10.5 Å². The average Bonchev–Trinajstić information content (AvgIpc) is 2.89. The van der Waals surface area contributed by atoms with Crippen molar-refractivity contribution in [3.05, 3.63) is 35.0 Å². The number of hydrogen-bond acceptors (Lipinski definition) is 5. The van der Waals surface area contributed by atoms with Crippen molar-refractivity contribution in [3.8, 4) is 0 Å². The maximum atomic E-state index is 11.2. The highest BCUT2D eigenvalue weighted by atomic mass is 32.1. The summed E-state index contributed by atoms with van der Waals surface area (Å²) < 4.78 is 5.07. The Kier molecular flexibility index (Phi) is 5.85. The maximum Gasteiger partial charge on any atom is 0.412 e. The molecule has 3 N–H and O–H groups in total. The standard InChI is InChI=1S/C9H13NO2S.C4H5NS/c1-9(2,3)12-8(11)10-7-5-4-6-13-7;5-4-2-1-3-6-4/h4-6H,1-3H3,(H,10,11);1-3H,5H2. The Morgan fingerprint density at radius 1 is 1.21 bits per heavy atom. The van der Waals surface area contributed by atoms with Crippen LogP contribution in [0.4, 0.5) is 14.8 Å². The fourth-order valence-corrected chi connectivity index (χ4v) is 2.12. The van der Waals surface area contributed by atoms with Crippen LogP contribution in [-0.4, -0.2) is 11.7 Å². The third-order valence-electron chi connectivity index (χ3n) is 1.69. The van der Waals surface area contributed by atoms with Crippen molar-refractivity contribution in [1.29, 1.82) is 0 Å². The smallest absolute Gasteiger partial charge is 0.412 e. The van der Waals surface area contributed by atoms with Gasteiger partial charge in [-0.3, -0.25) is 5.32 Å². The van der Waals surface area contributed by atoms with E-state index in [9.17, 15) is 4.79 Å². The van der Waals surface area contributed by atoms with Crippen LogP contribution in [0.2, 0.25) is 0 Å². The molecule has 2 heterocycles. The largest absolute Gasteiger partial charge is 0.444 e. The summed E-state index contributed by atoms with van der Waals surface area (Å²) in [5.41, 5.74) is 4.85. The Bertz CT molecular complexity index is 473. The first-order valence-electron chi connectivity index (χ1n) is 5.69. The molecule has 0 bridgehead atoms. The highest BCUT2D eigenvalue weighted by Gasteiger charge is 2.16. The molecule has 0 saturated carbocycles.